The van der Waals surface area contributed by atoms with Crippen LogP contribution >= 0.6 is 11.3 Å². The molecular weight excluding hydrogens is 232 g/mol. The van der Waals surface area contributed by atoms with E-state index in [4.69, 9.17) is 0 Å². The minimum atomic E-state index is 0.456. The van der Waals surface area contributed by atoms with E-state index >= 15 is 0 Å². The van der Waals surface area contributed by atoms with Gasteiger partial charge in [0.05, 0.1) is 17.5 Å². The van der Waals surface area contributed by atoms with Gasteiger partial charge in [0.2, 0.25) is 0 Å². The van der Waals surface area contributed by atoms with E-state index in [1.165, 1.54) is 10.6 Å². The van der Waals surface area contributed by atoms with Gasteiger partial charge in [0, 0.05) is 36.4 Å². The summed E-state index contributed by atoms with van der Waals surface area (Å²) in [6.07, 6.45) is 6.72. The maximum atomic E-state index is 4.25. The van der Waals surface area contributed by atoms with Crippen LogP contribution in [0.15, 0.2) is 24.2 Å². The molecule has 0 saturated heterocycles. The molecule has 0 fully saturated rings. The highest BCUT2D eigenvalue weighted by atomic mass is 32.1. The quantitative estimate of drug-likeness (QED) is 0.851. The fourth-order valence-electron chi connectivity index (χ4n) is 1.77. The highest BCUT2D eigenvalue weighted by Crippen LogP contribution is 2.11. The normalized spacial score (nSPS) is 12.8. The van der Waals surface area contributed by atoms with Gasteiger partial charge >= 0.3 is 0 Å². The number of imidazole rings is 1. The Morgan fingerprint density at radius 1 is 1.53 bits per heavy atom. The molecule has 2 aromatic rings. The van der Waals surface area contributed by atoms with Crippen LogP contribution in [0.25, 0.3) is 0 Å². The number of nitrogens with zero attached hydrogens (tertiary/aromatic N) is 3. The Kier molecular flexibility index (Phi) is 4.28. The van der Waals surface area contributed by atoms with Crippen LogP contribution in [0.1, 0.15) is 17.5 Å². The second-order valence-corrected chi connectivity index (χ2v) is 5.16. The standard InChI is InChI=1S/C12H18N4S/c1-10(7-16-6-5-13-8-16)14-4-3-12-11(2)15-9-17-12/h5-6,8-10,14H,3-4,7H2,1-2H3. The van der Waals surface area contributed by atoms with Crippen molar-refractivity contribution in [3.8, 4) is 0 Å². The summed E-state index contributed by atoms with van der Waals surface area (Å²) in [5, 5.41) is 3.52. The molecule has 2 heterocycles. The second-order valence-electron chi connectivity index (χ2n) is 4.23. The summed E-state index contributed by atoms with van der Waals surface area (Å²) >= 11 is 1.74. The number of aromatic nitrogens is 3. The van der Waals surface area contributed by atoms with Gasteiger partial charge in [-0.2, -0.15) is 0 Å². The summed E-state index contributed by atoms with van der Waals surface area (Å²) in [5.74, 6) is 0. The number of thiazole rings is 1. The maximum Gasteiger partial charge on any atom is 0.0946 e. The van der Waals surface area contributed by atoms with Gasteiger partial charge < -0.3 is 9.88 Å². The highest BCUT2D eigenvalue weighted by molar-refractivity contribution is 7.09. The number of hydrogen-bond acceptors (Lipinski definition) is 4. The molecule has 0 aliphatic carbocycles. The average Bonchev–Trinajstić information content (AvgIpc) is 2.91. The van der Waals surface area contributed by atoms with Crippen molar-refractivity contribution in [3.63, 3.8) is 0 Å². The molecule has 0 saturated carbocycles. The molecule has 17 heavy (non-hydrogen) atoms. The van der Waals surface area contributed by atoms with E-state index in [1.807, 2.05) is 24.2 Å². The van der Waals surface area contributed by atoms with Crippen LogP contribution in [0.4, 0.5) is 0 Å². The molecule has 0 aliphatic heterocycles. The first-order valence-electron chi connectivity index (χ1n) is 5.84. The molecule has 0 bridgehead atoms. The maximum absolute atomic E-state index is 4.25. The van der Waals surface area contributed by atoms with Gasteiger partial charge in [-0.1, -0.05) is 0 Å². The fraction of sp³-hybridized carbons (Fsp3) is 0.500. The van der Waals surface area contributed by atoms with Crippen LogP contribution < -0.4 is 5.32 Å². The first-order chi connectivity index (χ1) is 8.25. The molecule has 0 spiro atoms. The van der Waals surface area contributed by atoms with E-state index in [9.17, 15) is 0 Å². The monoisotopic (exact) mass is 250 g/mol. The van der Waals surface area contributed by atoms with Crippen molar-refractivity contribution in [2.75, 3.05) is 6.54 Å². The van der Waals surface area contributed by atoms with E-state index in [1.54, 1.807) is 11.3 Å². The lowest BCUT2D eigenvalue weighted by atomic mass is 10.2. The minimum absolute atomic E-state index is 0.456. The molecule has 1 unspecified atom stereocenters. The van der Waals surface area contributed by atoms with Crippen LogP contribution in [-0.4, -0.2) is 27.1 Å². The van der Waals surface area contributed by atoms with E-state index in [0.29, 0.717) is 6.04 Å². The zero-order valence-corrected chi connectivity index (χ0v) is 11.1. The van der Waals surface area contributed by atoms with Crippen molar-refractivity contribution in [2.45, 2.75) is 32.9 Å². The summed E-state index contributed by atoms with van der Waals surface area (Å²) < 4.78 is 2.09. The van der Waals surface area contributed by atoms with Gasteiger partial charge in [-0.15, -0.1) is 11.3 Å². The summed E-state index contributed by atoms with van der Waals surface area (Å²) in [5.41, 5.74) is 3.08. The average molecular weight is 250 g/mol. The van der Waals surface area contributed by atoms with Crippen molar-refractivity contribution in [1.82, 2.24) is 19.9 Å². The lowest BCUT2D eigenvalue weighted by Gasteiger charge is -2.13. The van der Waals surface area contributed by atoms with Crippen molar-refractivity contribution < 1.29 is 0 Å². The first kappa shape index (κ1) is 12.3. The van der Waals surface area contributed by atoms with Crippen LogP contribution in [0.5, 0.6) is 0 Å². The Hall–Kier alpha value is -1.20. The molecule has 92 valence electrons. The molecule has 2 aromatic heterocycles. The third-order valence-corrected chi connectivity index (χ3v) is 3.73. The third kappa shape index (κ3) is 3.64. The van der Waals surface area contributed by atoms with Gasteiger partial charge in [0.15, 0.2) is 0 Å². The predicted octanol–water partition coefficient (Wildman–Crippen LogP) is 1.87. The molecular formula is C12H18N4S. The van der Waals surface area contributed by atoms with Crippen LogP contribution in [0, 0.1) is 6.92 Å². The Labute approximate surface area is 106 Å². The SMILES string of the molecule is Cc1ncsc1CCNC(C)Cn1ccnc1. The number of rotatable bonds is 6. The van der Waals surface area contributed by atoms with Gasteiger partial charge in [0.1, 0.15) is 0 Å². The molecule has 2 rings (SSSR count). The number of aryl methyl sites for hydroxylation is 1. The topological polar surface area (TPSA) is 42.7 Å². The summed E-state index contributed by atoms with van der Waals surface area (Å²) in [7, 11) is 0. The van der Waals surface area contributed by atoms with Crippen LogP contribution in [-0.2, 0) is 13.0 Å². The minimum Gasteiger partial charge on any atom is -0.336 e. The Balaban J connectivity index is 1.70. The fourth-order valence-corrected chi connectivity index (χ4v) is 2.55. The lowest BCUT2D eigenvalue weighted by molar-refractivity contribution is 0.480. The zero-order valence-electron chi connectivity index (χ0n) is 10.3. The lowest BCUT2D eigenvalue weighted by Crippen LogP contribution is -2.31. The largest absolute Gasteiger partial charge is 0.336 e. The van der Waals surface area contributed by atoms with E-state index in [2.05, 4.69) is 33.7 Å². The third-order valence-electron chi connectivity index (χ3n) is 2.73. The first-order valence-corrected chi connectivity index (χ1v) is 6.72. The van der Waals surface area contributed by atoms with E-state index in [-0.39, 0.29) is 0 Å². The van der Waals surface area contributed by atoms with Crippen molar-refractivity contribution >= 4 is 11.3 Å². The summed E-state index contributed by atoms with van der Waals surface area (Å²) in [6, 6.07) is 0.456. The predicted molar refractivity (Wildman–Crippen MR) is 70.2 cm³/mol. The van der Waals surface area contributed by atoms with Crippen molar-refractivity contribution in [3.05, 3.63) is 34.8 Å². The van der Waals surface area contributed by atoms with Gasteiger partial charge in [0.25, 0.3) is 0 Å². The van der Waals surface area contributed by atoms with Crippen molar-refractivity contribution in [1.29, 1.82) is 0 Å². The molecule has 0 aliphatic rings. The highest BCUT2D eigenvalue weighted by Gasteiger charge is 2.04. The van der Waals surface area contributed by atoms with Gasteiger partial charge in [-0.25, -0.2) is 9.97 Å². The van der Waals surface area contributed by atoms with E-state index < -0.39 is 0 Å². The molecule has 0 aromatic carbocycles. The Morgan fingerprint density at radius 2 is 2.41 bits per heavy atom. The number of hydrogen-bond donors (Lipinski definition) is 1. The van der Waals surface area contributed by atoms with Crippen LogP contribution in [0.2, 0.25) is 0 Å². The van der Waals surface area contributed by atoms with Crippen molar-refractivity contribution in [2.24, 2.45) is 0 Å². The Morgan fingerprint density at radius 3 is 3.06 bits per heavy atom. The molecule has 0 radical (unpaired) electrons. The second kappa shape index (κ2) is 5.93. The van der Waals surface area contributed by atoms with Crippen LogP contribution in [0.3, 0.4) is 0 Å². The summed E-state index contributed by atoms with van der Waals surface area (Å²) in [6.45, 7) is 6.22. The molecule has 5 heteroatoms. The number of nitrogens with one attached hydrogen (secondary N) is 1. The van der Waals surface area contributed by atoms with E-state index in [0.717, 1.165) is 19.5 Å². The zero-order chi connectivity index (χ0) is 12.1. The molecule has 4 nitrogen and oxygen atoms in total. The summed E-state index contributed by atoms with van der Waals surface area (Å²) in [4.78, 5) is 9.67. The Bertz CT molecular complexity index is 435. The molecule has 1 N–H and O–H groups in total. The smallest absolute Gasteiger partial charge is 0.0946 e. The molecule has 1 atom stereocenters. The molecule has 0 amide bonds. The van der Waals surface area contributed by atoms with Gasteiger partial charge in [-0.05, 0) is 20.3 Å². The van der Waals surface area contributed by atoms with Gasteiger partial charge in [-0.3, -0.25) is 0 Å².